The average molecular weight is 209 g/mol. The summed E-state index contributed by atoms with van der Waals surface area (Å²) < 4.78 is 13.4. The largest absolute Gasteiger partial charge is 0.317 e. The van der Waals surface area contributed by atoms with Crippen molar-refractivity contribution in [3.05, 3.63) is 35.6 Å². The molecule has 1 aromatic carbocycles. The maximum atomic E-state index is 13.4. The molecule has 1 rings (SSSR count). The summed E-state index contributed by atoms with van der Waals surface area (Å²) in [6.45, 7) is 6.20. The molecule has 0 saturated carbocycles. The molecule has 1 N–H and O–H groups in total. The van der Waals surface area contributed by atoms with Crippen molar-refractivity contribution in [2.45, 2.75) is 26.7 Å². The van der Waals surface area contributed by atoms with Crippen LogP contribution in [-0.4, -0.2) is 13.1 Å². The second-order valence-electron chi connectivity index (χ2n) is 3.88. The van der Waals surface area contributed by atoms with Gasteiger partial charge in [0.25, 0.3) is 0 Å². The van der Waals surface area contributed by atoms with Crippen molar-refractivity contribution >= 4 is 0 Å². The molecule has 0 bridgehead atoms. The number of hydrogen-bond donors (Lipinski definition) is 1. The van der Waals surface area contributed by atoms with E-state index in [0.717, 1.165) is 31.5 Å². The normalized spacial score (nSPS) is 12.7. The predicted molar refractivity (Wildman–Crippen MR) is 62.4 cm³/mol. The number of hydrogen-bond acceptors (Lipinski definition) is 1. The van der Waals surface area contributed by atoms with Crippen molar-refractivity contribution in [3.63, 3.8) is 0 Å². The van der Waals surface area contributed by atoms with Crippen LogP contribution in [0, 0.1) is 11.7 Å². The van der Waals surface area contributed by atoms with E-state index in [1.165, 1.54) is 6.07 Å². The molecule has 0 aliphatic carbocycles. The van der Waals surface area contributed by atoms with E-state index >= 15 is 0 Å². The molecule has 1 aromatic rings. The van der Waals surface area contributed by atoms with Crippen LogP contribution in [0.15, 0.2) is 24.3 Å². The zero-order chi connectivity index (χ0) is 11.1. The lowest BCUT2D eigenvalue weighted by Gasteiger charge is -2.15. The molecule has 0 radical (unpaired) electrons. The van der Waals surface area contributed by atoms with Gasteiger partial charge in [0.1, 0.15) is 5.82 Å². The van der Waals surface area contributed by atoms with Gasteiger partial charge >= 0.3 is 0 Å². The van der Waals surface area contributed by atoms with Crippen molar-refractivity contribution in [1.82, 2.24) is 5.32 Å². The van der Waals surface area contributed by atoms with Gasteiger partial charge in [-0.25, -0.2) is 4.39 Å². The Hall–Kier alpha value is -0.890. The van der Waals surface area contributed by atoms with Crippen LogP contribution in [0.1, 0.15) is 25.8 Å². The van der Waals surface area contributed by atoms with E-state index in [0.29, 0.717) is 5.92 Å². The quantitative estimate of drug-likeness (QED) is 0.759. The highest BCUT2D eigenvalue weighted by Gasteiger charge is 2.09. The first-order chi connectivity index (χ1) is 7.27. The summed E-state index contributed by atoms with van der Waals surface area (Å²) in [6, 6.07) is 7.06. The van der Waals surface area contributed by atoms with Crippen LogP contribution in [0.5, 0.6) is 0 Å². The molecule has 0 fully saturated rings. The maximum absolute atomic E-state index is 13.4. The first-order valence-electron chi connectivity index (χ1n) is 5.72. The first kappa shape index (κ1) is 12.2. The summed E-state index contributed by atoms with van der Waals surface area (Å²) in [5, 5.41) is 3.32. The Balaban J connectivity index is 2.54. The van der Waals surface area contributed by atoms with E-state index in [4.69, 9.17) is 0 Å². The maximum Gasteiger partial charge on any atom is 0.126 e. The summed E-state index contributed by atoms with van der Waals surface area (Å²) in [6.07, 6.45) is 1.91. The van der Waals surface area contributed by atoms with Crippen LogP contribution < -0.4 is 5.32 Å². The summed E-state index contributed by atoms with van der Waals surface area (Å²) >= 11 is 0. The molecule has 84 valence electrons. The van der Waals surface area contributed by atoms with Crippen LogP contribution in [0.2, 0.25) is 0 Å². The predicted octanol–water partition coefficient (Wildman–Crippen LogP) is 3.00. The second kappa shape index (κ2) is 6.57. The van der Waals surface area contributed by atoms with Gasteiger partial charge in [0.2, 0.25) is 0 Å². The van der Waals surface area contributed by atoms with E-state index in [2.05, 4.69) is 19.2 Å². The zero-order valence-electron chi connectivity index (χ0n) is 9.59. The molecule has 0 aliphatic rings. The fourth-order valence-electron chi connectivity index (χ4n) is 1.68. The monoisotopic (exact) mass is 209 g/mol. The molecule has 15 heavy (non-hydrogen) atoms. The van der Waals surface area contributed by atoms with Crippen LogP contribution in [0.3, 0.4) is 0 Å². The lowest BCUT2D eigenvalue weighted by Crippen LogP contribution is -2.23. The number of rotatable bonds is 6. The molecule has 1 atom stereocenters. The van der Waals surface area contributed by atoms with Crippen molar-refractivity contribution < 1.29 is 4.39 Å². The molecule has 0 heterocycles. The highest BCUT2D eigenvalue weighted by atomic mass is 19.1. The van der Waals surface area contributed by atoms with Crippen molar-refractivity contribution in [1.29, 1.82) is 0 Å². The molecule has 1 nitrogen and oxygen atoms in total. The van der Waals surface area contributed by atoms with Crippen molar-refractivity contribution in [2.75, 3.05) is 13.1 Å². The van der Waals surface area contributed by atoms with E-state index in [1.807, 2.05) is 12.1 Å². The standard InChI is InChI=1S/C13H20FN/c1-3-11(10-15-4-2)9-12-7-5-6-8-13(12)14/h5-8,11,15H,3-4,9-10H2,1-2H3. The van der Waals surface area contributed by atoms with Gasteiger partial charge in [0.15, 0.2) is 0 Å². The Labute approximate surface area is 91.7 Å². The Morgan fingerprint density at radius 1 is 1.27 bits per heavy atom. The van der Waals surface area contributed by atoms with E-state index < -0.39 is 0 Å². The topological polar surface area (TPSA) is 12.0 Å². The average Bonchev–Trinajstić information content (AvgIpc) is 2.26. The Morgan fingerprint density at radius 2 is 2.00 bits per heavy atom. The van der Waals surface area contributed by atoms with Crippen LogP contribution in [0.4, 0.5) is 4.39 Å². The molecule has 0 aliphatic heterocycles. The Bertz CT molecular complexity index is 286. The second-order valence-corrected chi connectivity index (χ2v) is 3.88. The summed E-state index contributed by atoms with van der Waals surface area (Å²) in [5.41, 5.74) is 0.835. The SMILES string of the molecule is CCNCC(CC)Cc1ccccc1F. The van der Waals surface area contributed by atoms with Gasteiger partial charge in [0.05, 0.1) is 0 Å². The van der Waals surface area contributed by atoms with Gasteiger partial charge in [-0.3, -0.25) is 0 Å². The van der Waals surface area contributed by atoms with Crippen molar-refractivity contribution in [2.24, 2.45) is 5.92 Å². The van der Waals surface area contributed by atoms with Gasteiger partial charge in [-0.2, -0.15) is 0 Å². The van der Waals surface area contributed by atoms with E-state index in [-0.39, 0.29) is 5.82 Å². The Kier molecular flexibility index (Phi) is 5.33. The number of benzene rings is 1. The van der Waals surface area contributed by atoms with Crippen LogP contribution in [-0.2, 0) is 6.42 Å². The lowest BCUT2D eigenvalue weighted by molar-refractivity contribution is 0.457. The summed E-state index contributed by atoms with van der Waals surface area (Å²) in [4.78, 5) is 0. The Morgan fingerprint density at radius 3 is 2.60 bits per heavy atom. The van der Waals surface area contributed by atoms with Gasteiger partial charge in [-0.05, 0) is 37.1 Å². The van der Waals surface area contributed by atoms with Crippen LogP contribution >= 0.6 is 0 Å². The van der Waals surface area contributed by atoms with Gasteiger partial charge < -0.3 is 5.32 Å². The molecule has 0 aromatic heterocycles. The van der Waals surface area contributed by atoms with Crippen molar-refractivity contribution in [3.8, 4) is 0 Å². The third-order valence-electron chi connectivity index (χ3n) is 2.73. The molecule has 0 amide bonds. The summed E-state index contributed by atoms with van der Waals surface area (Å²) in [5.74, 6) is 0.453. The minimum Gasteiger partial charge on any atom is -0.317 e. The lowest BCUT2D eigenvalue weighted by atomic mass is 9.96. The number of nitrogens with one attached hydrogen (secondary N) is 1. The number of halogens is 1. The fraction of sp³-hybridized carbons (Fsp3) is 0.538. The van der Waals surface area contributed by atoms with Gasteiger partial charge in [-0.15, -0.1) is 0 Å². The van der Waals surface area contributed by atoms with Gasteiger partial charge in [-0.1, -0.05) is 38.5 Å². The van der Waals surface area contributed by atoms with E-state index in [9.17, 15) is 4.39 Å². The molecular weight excluding hydrogens is 189 g/mol. The van der Waals surface area contributed by atoms with Crippen LogP contribution in [0.25, 0.3) is 0 Å². The smallest absolute Gasteiger partial charge is 0.126 e. The fourth-order valence-corrected chi connectivity index (χ4v) is 1.68. The third kappa shape index (κ3) is 4.00. The van der Waals surface area contributed by atoms with E-state index in [1.54, 1.807) is 6.07 Å². The summed E-state index contributed by atoms with van der Waals surface area (Å²) in [7, 11) is 0. The first-order valence-corrected chi connectivity index (χ1v) is 5.72. The molecule has 2 heteroatoms. The molecular formula is C13H20FN. The molecule has 1 unspecified atom stereocenters. The minimum absolute atomic E-state index is 0.0764. The minimum atomic E-state index is -0.0764. The third-order valence-corrected chi connectivity index (χ3v) is 2.73. The zero-order valence-corrected chi connectivity index (χ0v) is 9.59. The molecule has 0 saturated heterocycles. The molecule has 0 spiro atoms. The highest BCUT2D eigenvalue weighted by molar-refractivity contribution is 5.17. The highest BCUT2D eigenvalue weighted by Crippen LogP contribution is 2.14. The van der Waals surface area contributed by atoms with Gasteiger partial charge in [0, 0.05) is 0 Å².